The summed E-state index contributed by atoms with van der Waals surface area (Å²) in [6.07, 6.45) is 0. The summed E-state index contributed by atoms with van der Waals surface area (Å²) in [5.41, 5.74) is 0.923. The molecule has 1 N–H and O–H groups in total. The lowest BCUT2D eigenvalue weighted by Crippen LogP contribution is -2.48. The average Bonchev–Trinajstić information content (AvgIpc) is 2.68. The number of benzene rings is 2. The lowest BCUT2D eigenvalue weighted by molar-refractivity contribution is 0.0715. The Morgan fingerprint density at radius 2 is 1.69 bits per heavy atom. The Morgan fingerprint density at radius 3 is 2.42 bits per heavy atom. The van der Waals surface area contributed by atoms with Gasteiger partial charge in [-0.05, 0) is 24.3 Å². The summed E-state index contributed by atoms with van der Waals surface area (Å²) in [6.45, 7) is 2.54. The molecule has 1 saturated heterocycles. The molecule has 1 amide bonds. The molecule has 1 aromatic heterocycles. The molecule has 0 unspecified atom stereocenters. The Hall–Kier alpha value is -3.28. The second kappa shape index (κ2) is 6.55. The van der Waals surface area contributed by atoms with E-state index in [-0.39, 0.29) is 28.4 Å². The summed E-state index contributed by atoms with van der Waals surface area (Å²) in [7, 11) is 0. The minimum Gasteiger partial charge on any atom is -0.507 e. The van der Waals surface area contributed by atoms with Crippen molar-refractivity contribution >= 4 is 22.6 Å². The largest absolute Gasteiger partial charge is 0.507 e. The van der Waals surface area contributed by atoms with Crippen LogP contribution in [0.3, 0.4) is 0 Å². The SMILES string of the molecule is O=C(c1cc(=O)c2c(O)cccc2o1)N1CCN(c2ccccc2)CC1. The van der Waals surface area contributed by atoms with Gasteiger partial charge in [-0.15, -0.1) is 0 Å². The van der Waals surface area contributed by atoms with Crippen molar-refractivity contribution in [2.75, 3.05) is 31.1 Å². The Morgan fingerprint density at radius 1 is 0.962 bits per heavy atom. The van der Waals surface area contributed by atoms with E-state index in [1.807, 2.05) is 30.3 Å². The molecule has 1 aliphatic rings. The number of anilines is 1. The van der Waals surface area contributed by atoms with E-state index in [2.05, 4.69) is 4.90 Å². The maximum atomic E-state index is 12.7. The molecule has 1 fully saturated rings. The van der Waals surface area contributed by atoms with Crippen LogP contribution in [0.2, 0.25) is 0 Å². The van der Waals surface area contributed by atoms with E-state index in [1.54, 1.807) is 17.0 Å². The standard InChI is InChI=1S/C20H18N2O4/c23-15-7-4-8-17-19(15)16(24)13-18(26-17)20(25)22-11-9-21(10-12-22)14-5-2-1-3-6-14/h1-8,13,23H,9-12H2. The van der Waals surface area contributed by atoms with E-state index < -0.39 is 5.43 Å². The van der Waals surface area contributed by atoms with Crippen molar-refractivity contribution in [3.63, 3.8) is 0 Å². The number of hydrogen-bond acceptors (Lipinski definition) is 5. The number of piperazine rings is 1. The molecule has 2 aromatic carbocycles. The summed E-state index contributed by atoms with van der Waals surface area (Å²) in [5.74, 6) is -0.451. The molecule has 0 saturated carbocycles. The molecule has 0 atom stereocenters. The highest BCUT2D eigenvalue weighted by atomic mass is 16.3. The number of para-hydroxylation sites is 1. The van der Waals surface area contributed by atoms with Gasteiger partial charge >= 0.3 is 0 Å². The molecule has 0 aliphatic carbocycles. The van der Waals surface area contributed by atoms with Crippen LogP contribution in [-0.2, 0) is 0 Å². The Labute approximate surface area is 149 Å². The fourth-order valence-electron chi connectivity index (χ4n) is 3.26. The van der Waals surface area contributed by atoms with E-state index in [4.69, 9.17) is 4.42 Å². The number of carbonyl (C=O) groups is 1. The van der Waals surface area contributed by atoms with Gasteiger partial charge in [0.05, 0.1) is 0 Å². The zero-order valence-electron chi connectivity index (χ0n) is 14.1. The van der Waals surface area contributed by atoms with Crippen LogP contribution >= 0.6 is 0 Å². The number of amides is 1. The Balaban J connectivity index is 1.54. The number of nitrogens with zero attached hydrogens (tertiary/aromatic N) is 2. The minimum absolute atomic E-state index is 0.00117. The third kappa shape index (κ3) is 2.90. The van der Waals surface area contributed by atoms with E-state index >= 15 is 0 Å². The Bertz CT molecular complexity index is 1010. The topological polar surface area (TPSA) is 74.0 Å². The zero-order chi connectivity index (χ0) is 18.1. The highest BCUT2D eigenvalue weighted by Crippen LogP contribution is 2.23. The first kappa shape index (κ1) is 16.2. The molecule has 6 heteroatoms. The van der Waals surface area contributed by atoms with Crippen molar-refractivity contribution in [3.05, 3.63) is 70.6 Å². The van der Waals surface area contributed by atoms with Crippen LogP contribution in [0.5, 0.6) is 5.75 Å². The molecule has 0 bridgehead atoms. The van der Waals surface area contributed by atoms with Gasteiger partial charge in [0.1, 0.15) is 16.7 Å². The van der Waals surface area contributed by atoms with Crippen molar-refractivity contribution in [1.82, 2.24) is 4.90 Å². The van der Waals surface area contributed by atoms with Gasteiger partial charge in [0.15, 0.2) is 11.2 Å². The smallest absolute Gasteiger partial charge is 0.289 e. The van der Waals surface area contributed by atoms with E-state index in [9.17, 15) is 14.7 Å². The zero-order valence-corrected chi connectivity index (χ0v) is 14.1. The average molecular weight is 350 g/mol. The summed E-state index contributed by atoms with van der Waals surface area (Å²) in [6, 6.07) is 15.8. The number of fused-ring (bicyclic) bond motifs is 1. The molecular formula is C20H18N2O4. The fraction of sp³-hybridized carbons (Fsp3) is 0.200. The molecule has 4 rings (SSSR count). The van der Waals surface area contributed by atoms with Gasteiger partial charge in [0.2, 0.25) is 0 Å². The maximum Gasteiger partial charge on any atom is 0.289 e. The molecule has 26 heavy (non-hydrogen) atoms. The lowest BCUT2D eigenvalue weighted by atomic mass is 10.2. The molecule has 1 aliphatic heterocycles. The molecule has 132 valence electrons. The van der Waals surface area contributed by atoms with E-state index in [0.29, 0.717) is 26.2 Å². The summed E-state index contributed by atoms with van der Waals surface area (Å²) >= 11 is 0. The van der Waals surface area contributed by atoms with Gasteiger partial charge in [-0.1, -0.05) is 24.3 Å². The van der Waals surface area contributed by atoms with Gasteiger partial charge in [0.25, 0.3) is 5.91 Å². The second-order valence-electron chi connectivity index (χ2n) is 6.24. The van der Waals surface area contributed by atoms with E-state index in [0.717, 1.165) is 11.8 Å². The molecule has 0 spiro atoms. The quantitative estimate of drug-likeness (QED) is 0.768. The number of phenolic OH excluding ortho intramolecular Hbond substituents is 1. The Kier molecular flexibility index (Phi) is 4.08. The highest BCUT2D eigenvalue weighted by molar-refractivity contribution is 5.94. The highest BCUT2D eigenvalue weighted by Gasteiger charge is 2.24. The third-order valence-corrected chi connectivity index (χ3v) is 4.63. The molecule has 2 heterocycles. The molecule has 3 aromatic rings. The van der Waals surface area contributed by atoms with Crippen LogP contribution in [0, 0.1) is 0 Å². The number of phenols is 1. The summed E-state index contributed by atoms with van der Waals surface area (Å²) < 4.78 is 5.59. The maximum absolute atomic E-state index is 12.7. The lowest BCUT2D eigenvalue weighted by Gasteiger charge is -2.35. The van der Waals surface area contributed by atoms with Crippen LogP contribution in [0.15, 0.2) is 63.8 Å². The van der Waals surface area contributed by atoms with Gasteiger partial charge in [-0.25, -0.2) is 0 Å². The number of rotatable bonds is 2. The first-order chi connectivity index (χ1) is 12.6. The van der Waals surface area contributed by atoms with Crippen LogP contribution in [0.4, 0.5) is 5.69 Å². The van der Waals surface area contributed by atoms with Gasteiger partial charge in [0, 0.05) is 37.9 Å². The van der Waals surface area contributed by atoms with Crippen LogP contribution in [0.25, 0.3) is 11.0 Å². The van der Waals surface area contributed by atoms with Gasteiger partial charge in [-0.3, -0.25) is 9.59 Å². The van der Waals surface area contributed by atoms with E-state index in [1.165, 1.54) is 6.07 Å². The van der Waals surface area contributed by atoms with Crippen LogP contribution in [0.1, 0.15) is 10.6 Å². The van der Waals surface area contributed by atoms with Crippen molar-refractivity contribution in [2.24, 2.45) is 0 Å². The van der Waals surface area contributed by atoms with Crippen LogP contribution < -0.4 is 10.3 Å². The van der Waals surface area contributed by atoms with Crippen molar-refractivity contribution in [1.29, 1.82) is 0 Å². The van der Waals surface area contributed by atoms with Crippen molar-refractivity contribution in [3.8, 4) is 5.75 Å². The number of aromatic hydroxyl groups is 1. The second-order valence-corrected chi connectivity index (χ2v) is 6.24. The van der Waals surface area contributed by atoms with Crippen molar-refractivity contribution in [2.45, 2.75) is 0 Å². The summed E-state index contributed by atoms with van der Waals surface area (Å²) in [4.78, 5) is 28.9. The van der Waals surface area contributed by atoms with Gasteiger partial charge in [-0.2, -0.15) is 0 Å². The first-order valence-corrected chi connectivity index (χ1v) is 8.48. The molecule has 0 radical (unpaired) electrons. The normalized spacial score (nSPS) is 14.6. The monoisotopic (exact) mass is 350 g/mol. The fourth-order valence-corrected chi connectivity index (χ4v) is 3.26. The predicted molar refractivity (Wildman–Crippen MR) is 98.7 cm³/mol. The third-order valence-electron chi connectivity index (χ3n) is 4.63. The van der Waals surface area contributed by atoms with Crippen molar-refractivity contribution < 1.29 is 14.3 Å². The molecule has 6 nitrogen and oxygen atoms in total. The molecular weight excluding hydrogens is 332 g/mol. The van der Waals surface area contributed by atoms with Crippen LogP contribution in [-0.4, -0.2) is 42.1 Å². The number of hydrogen-bond donors (Lipinski definition) is 1. The summed E-state index contributed by atoms with van der Waals surface area (Å²) in [5, 5.41) is 9.90. The number of carbonyl (C=O) groups excluding carboxylic acids is 1. The first-order valence-electron chi connectivity index (χ1n) is 8.48. The van der Waals surface area contributed by atoms with Gasteiger partial charge < -0.3 is 19.3 Å². The minimum atomic E-state index is -0.421. The predicted octanol–water partition coefficient (Wildman–Crippen LogP) is 2.46.